The van der Waals surface area contributed by atoms with Crippen molar-refractivity contribution in [3.63, 3.8) is 0 Å². The van der Waals surface area contributed by atoms with Crippen molar-refractivity contribution in [2.24, 2.45) is 4.99 Å². The number of aliphatic imine (C=N–C) groups is 1. The van der Waals surface area contributed by atoms with Crippen LogP contribution in [0.2, 0.25) is 5.02 Å². The lowest BCUT2D eigenvalue weighted by atomic mass is 10.2. The van der Waals surface area contributed by atoms with Crippen molar-refractivity contribution in [3.8, 4) is 0 Å². The first kappa shape index (κ1) is 23.4. The van der Waals surface area contributed by atoms with Gasteiger partial charge in [-0.15, -0.1) is 0 Å². The summed E-state index contributed by atoms with van der Waals surface area (Å²) in [6, 6.07) is 11.9. The lowest BCUT2D eigenvalue weighted by molar-refractivity contribution is -0.904. The van der Waals surface area contributed by atoms with Crippen LogP contribution < -0.4 is 15.3 Å². The van der Waals surface area contributed by atoms with E-state index in [1.165, 1.54) is 17.2 Å². The Morgan fingerprint density at radius 2 is 1.94 bits per heavy atom. The van der Waals surface area contributed by atoms with Gasteiger partial charge < -0.3 is 24.8 Å². The molecule has 3 heterocycles. The lowest BCUT2D eigenvalue weighted by Crippen LogP contribution is -3.15. The number of nitrogens with zero attached hydrogens (tertiary/aromatic N) is 3. The molecule has 1 aromatic heterocycles. The summed E-state index contributed by atoms with van der Waals surface area (Å²) in [6.07, 6.45) is 3.16. The summed E-state index contributed by atoms with van der Waals surface area (Å²) in [5, 5.41) is 22.5. The van der Waals surface area contributed by atoms with Crippen LogP contribution in [-0.4, -0.2) is 72.2 Å². The van der Waals surface area contributed by atoms with Crippen molar-refractivity contribution >= 4 is 35.5 Å². The topological polar surface area (TPSA) is 122 Å². The molecule has 4 rings (SSSR count). The Morgan fingerprint density at radius 3 is 2.50 bits per heavy atom. The number of guanidine groups is 1. The predicted octanol–water partition coefficient (Wildman–Crippen LogP) is -1.20. The molecule has 0 bridgehead atoms. The van der Waals surface area contributed by atoms with Gasteiger partial charge in [-0.25, -0.2) is 4.99 Å². The van der Waals surface area contributed by atoms with Crippen molar-refractivity contribution in [2.45, 2.75) is 0 Å². The average molecular weight is 458 g/mol. The lowest BCUT2D eigenvalue weighted by Gasteiger charge is -2.32. The highest BCUT2D eigenvalue weighted by Crippen LogP contribution is 2.16. The molecule has 0 saturated carbocycles. The number of quaternary nitrogens is 1. The van der Waals surface area contributed by atoms with E-state index in [0.717, 1.165) is 38.3 Å². The number of pyridine rings is 1. The number of benzene rings is 1. The number of amides is 1. The number of carbonyl (C=O) groups is 2. The molecule has 1 aromatic carbocycles. The molecule has 3 N–H and O–H groups in total. The highest BCUT2D eigenvalue weighted by molar-refractivity contribution is 6.30. The van der Waals surface area contributed by atoms with Crippen LogP contribution in [0.25, 0.3) is 6.08 Å². The summed E-state index contributed by atoms with van der Waals surface area (Å²) in [7, 11) is 0. The second-order valence-corrected chi connectivity index (χ2v) is 7.62. The van der Waals surface area contributed by atoms with E-state index in [9.17, 15) is 14.7 Å². The Balaban J connectivity index is 0.000000269. The SMILES string of the molecule is O=C([O-])c1ccccn1.O=C1NC(N2CC[NH+](CCO)CC2)=N/C1=C\c1ccc(Cl)cc1. The van der Waals surface area contributed by atoms with E-state index < -0.39 is 5.97 Å². The van der Waals surface area contributed by atoms with Gasteiger partial charge >= 0.3 is 0 Å². The van der Waals surface area contributed by atoms with Crippen LogP contribution in [0.3, 0.4) is 0 Å². The largest absolute Gasteiger partial charge is 0.543 e. The molecule has 10 heteroatoms. The number of carbonyl (C=O) groups excluding carboxylic acids is 2. The molecule has 1 amide bonds. The maximum atomic E-state index is 12.1. The second-order valence-electron chi connectivity index (χ2n) is 7.18. The normalized spacial score (nSPS) is 17.4. The number of carboxylic acids is 1. The van der Waals surface area contributed by atoms with Gasteiger partial charge in [0, 0.05) is 11.2 Å². The van der Waals surface area contributed by atoms with E-state index >= 15 is 0 Å². The van der Waals surface area contributed by atoms with Gasteiger partial charge in [-0.3, -0.25) is 15.1 Å². The van der Waals surface area contributed by atoms with Crippen molar-refractivity contribution in [1.82, 2.24) is 15.2 Å². The highest BCUT2D eigenvalue weighted by atomic mass is 35.5. The number of piperazine rings is 1. The van der Waals surface area contributed by atoms with E-state index in [-0.39, 0.29) is 18.2 Å². The van der Waals surface area contributed by atoms with Crippen LogP contribution in [0.4, 0.5) is 0 Å². The van der Waals surface area contributed by atoms with E-state index in [2.05, 4.69) is 20.2 Å². The summed E-state index contributed by atoms with van der Waals surface area (Å²) in [5.74, 6) is -0.797. The van der Waals surface area contributed by atoms with E-state index in [1.807, 2.05) is 12.1 Å². The fourth-order valence-electron chi connectivity index (χ4n) is 3.25. The molecule has 0 atom stereocenters. The maximum absolute atomic E-state index is 12.1. The Hall–Kier alpha value is -3.27. The molecule has 0 unspecified atom stereocenters. The fourth-order valence-corrected chi connectivity index (χ4v) is 3.38. The second kappa shape index (κ2) is 11.4. The molecule has 32 heavy (non-hydrogen) atoms. The molecule has 1 saturated heterocycles. The Morgan fingerprint density at radius 1 is 1.22 bits per heavy atom. The van der Waals surface area contributed by atoms with Crippen molar-refractivity contribution in [1.29, 1.82) is 0 Å². The van der Waals surface area contributed by atoms with E-state index in [1.54, 1.807) is 30.3 Å². The van der Waals surface area contributed by atoms with Crippen LogP contribution in [0.5, 0.6) is 0 Å². The maximum Gasteiger partial charge on any atom is 0.276 e. The molecule has 2 aliphatic rings. The van der Waals surface area contributed by atoms with Crippen LogP contribution in [-0.2, 0) is 4.79 Å². The van der Waals surface area contributed by atoms with Crippen LogP contribution in [0.15, 0.2) is 59.4 Å². The molecular weight excluding hydrogens is 434 g/mol. The molecule has 168 valence electrons. The minimum Gasteiger partial charge on any atom is -0.543 e. The number of rotatable bonds is 4. The monoisotopic (exact) mass is 457 g/mol. The number of carboxylic acid groups (broad SMARTS) is 1. The number of hydrogen-bond donors (Lipinski definition) is 3. The smallest absolute Gasteiger partial charge is 0.276 e. The molecule has 0 radical (unpaired) electrons. The molecule has 2 aliphatic heterocycles. The summed E-state index contributed by atoms with van der Waals surface area (Å²) in [5.41, 5.74) is 1.27. The van der Waals surface area contributed by atoms with Crippen molar-refractivity contribution < 1.29 is 24.7 Å². The van der Waals surface area contributed by atoms with E-state index in [0.29, 0.717) is 16.7 Å². The van der Waals surface area contributed by atoms with Crippen molar-refractivity contribution in [2.75, 3.05) is 39.3 Å². The predicted molar refractivity (Wildman–Crippen MR) is 118 cm³/mol. The number of aromatic carboxylic acids is 1. The van der Waals surface area contributed by atoms with Crippen LogP contribution in [0, 0.1) is 0 Å². The summed E-state index contributed by atoms with van der Waals surface area (Å²) in [4.78, 5) is 33.5. The van der Waals surface area contributed by atoms with Crippen LogP contribution in [0.1, 0.15) is 16.1 Å². The third-order valence-electron chi connectivity index (χ3n) is 4.97. The zero-order chi connectivity index (χ0) is 22.9. The Labute approximate surface area is 190 Å². The summed E-state index contributed by atoms with van der Waals surface area (Å²) >= 11 is 5.86. The van der Waals surface area contributed by atoms with E-state index in [4.69, 9.17) is 16.7 Å². The van der Waals surface area contributed by atoms with Gasteiger partial charge in [0.2, 0.25) is 5.96 Å². The minimum absolute atomic E-state index is 0.0301. The molecule has 0 spiro atoms. The molecule has 9 nitrogen and oxygen atoms in total. The highest BCUT2D eigenvalue weighted by Gasteiger charge is 2.28. The fraction of sp³-hybridized carbons (Fsp3) is 0.273. The van der Waals surface area contributed by atoms with Crippen molar-refractivity contribution in [3.05, 3.63) is 70.6 Å². The standard InChI is InChI=1S/C16H19ClN4O2.C6H5NO2/c17-13-3-1-12(2-4-13)11-14-15(23)19-16(18-14)21-7-5-20(6-8-21)9-10-22;8-6(9)5-3-1-2-4-7-5/h1-4,11,22H,5-10H2,(H,18,19,23);1-4H,(H,8,9)/b14-11-;. The van der Waals surface area contributed by atoms with Crippen LogP contribution >= 0.6 is 11.6 Å². The first-order valence-electron chi connectivity index (χ1n) is 10.2. The number of hydrogen-bond acceptors (Lipinski definition) is 7. The molecule has 1 fully saturated rings. The third-order valence-corrected chi connectivity index (χ3v) is 5.22. The first-order valence-corrected chi connectivity index (χ1v) is 10.5. The number of aliphatic hydroxyl groups is 1. The molecule has 0 aliphatic carbocycles. The Kier molecular flexibility index (Phi) is 8.32. The summed E-state index contributed by atoms with van der Waals surface area (Å²) in [6.45, 7) is 4.50. The third kappa shape index (κ3) is 6.61. The van der Waals surface area contributed by atoms with Gasteiger partial charge in [0.05, 0.1) is 44.4 Å². The quantitative estimate of drug-likeness (QED) is 0.496. The van der Waals surface area contributed by atoms with Gasteiger partial charge in [-0.2, -0.15) is 0 Å². The molecule has 2 aromatic rings. The number of aromatic nitrogens is 1. The first-order chi connectivity index (χ1) is 15.5. The number of aliphatic hydroxyl groups excluding tert-OH is 1. The van der Waals surface area contributed by atoms with Gasteiger partial charge in [0.1, 0.15) is 12.2 Å². The zero-order valence-electron chi connectivity index (χ0n) is 17.3. The van der Waals surface area contributed by atoms with Gasteiger partial charge in [-0.05, 0) is 35.9 Å². The van der Waals surface area contributed by atoms with Gasteiger partial charge in [0.15, 0.2) is 0 Å². The average Bonchev–Trinajstić information content (AvgIpc) is 3.17. The van der Waals surface area contributed by atoms with Gasteiger partial charge in [-0.1, -0.05) is 29.8 Å². The Bertz CT molecular complexity index is 987. The summed E-state index contributed by atoms with van der Waals surface area (Å²) < 4.78 is 0. The minimum atomic E-state index is -1.24. The van der Waals surface area contributed by atoms with Gasteiger partial charge in [0.25, 0.3) is 5.91 Å². The number of nitrogens with one attached hydrogen (secondary N) is 2. The molecular formula is C22H24ClN5O4. The number of halogens is 1. The zero-order valence-corrected chi connectivity index (χ0v) is 18.1.